The molecule has 0 unspecified atom stereocenters. The summed E-state index contributed by atoms with van der Waals surface area (Å²) in [5.74, 6) is 0.719. The van der Waals surface area contributed by atoms with Gasteiger partial charge in [-0.25, -0.2) is 9.78 Å². The van der Waals surface area contributed by atoms with E-state index < -0.39 is 0 Å². The van der Waals surface area contributed by atoms with Crippen molar-refractivity contribution in [1.82, 2.24) is 14.8 Å². The number of urea groups is 1. The molecule has 0 N–H and O–H groups in total. The van der Waals surface area contributed by atoms with Gasteiger partial charge >= 0.3 is 6.03 Å². The van der Waals surface area contributed by atoms with Gasteiger partial charge in [-0.2, -0.15) is 0 Å². The van der Waals surface area contributed by atoms with Gasteiger partial charge in [0.05, 0.1) is 24.9 Å². The molecule has 0 aliphatic rings. The average Bonchev–Trinajstić information content (AvgIpc) is 3.09. The van der Waals surface area contributed by atoms with Gasteiger partial charge in [-0.15, -0.1) is 0 Å². The number of halogens is 1. The zero-order valence-corrected chi connectivity index (χ0v) is 16.2. The summed E-state index contributed by atoms with van der Waals surface area (Å²) in [5.41, 5.74) is 4.04. The van der Waals surface area contributed by atoms with Crippen LogP contribution in [-0.4, -0.2) is 34.9 Å². The number of hydrogen-bond donors (Lipinski definition) is 0. The molecule has 5 nitrogen and oxygen atoms in total. The molecule has 0 atom stereocenters. The smallest absolute Gasteiger partial charge is 0.320 e. The van der Waals surface area contributed by atoms with Crippen LogP contribution in [-0.2, 0) is 13.1 Å². The van der Waals surface area contributed by atoms with Crippen LogP contribution in [0.15, 0.2) is 41.0 Å². The summed E-state index contributed by atoms with van der Waals surface area (Å²) in [7, 11) is 3.45. The highest BCUT2D eigenvalue weighted by atomic mass is 35.5. The number of hydrogen-bond acceptors (Lipinski definition) is 3. The van der Waals surface area contributed by atoms with Crippen molar-refractivity contribution in [2.75, 3.05) is 14.1 Å². The van der Waals surface area contributed by atoms with Crippen molar-refractivity contribution in [3.63, 3.8) is 0 Å². The first-order chi connectivity index (χ1) is 12.3. The Morgan fingerprint density at radius 3 is 2.54 bits per heavy atom. The molecule has 0 spiro atoms. The molecule has 136 valence electrons. The van der Waals surface area contributed by atoms with Crippen molar-refractivity contribution >= 4 is 28.5 Å². The summed E-state index contributed by atoms with van der Waals surface area (Å²) >= 11 is 6.42. The van der Waals surface area contributed by atoms with Crippen LogP contribution >= 0.6 is 11.6 Å². The number of benzene rings is 1. The van der Waals surface area contributed by atoms with Crippen molar-refractivity contribution in [1.29, 1.82) is 0 Å². The van der Waals surface area contributed by atoms with Gasteiger partial charge in [0.15, 0.2) is 0 Å². The largest absolute Gasteiger partial charge is 0.467 e. The van der Waals surface area contributed by atoms with Crippen molar-refractivity contribution in [2.45, 2.75) is 26.9 Å². The molecule has 0 saturated carbocycles. The Balaban J connectivity index is 1.95. The van der Waals surface area contributed by atoms with Crippen LogP contribution in [0.4, 0.5) is 4.79 Å². The van der Waals surface area contributed by atoms with Crippen LogP contribution in [0, 0.1) is 13.8 Å². The first-order valence-corrected chi connectivity index (χ1v) is 8.78. The van der Waals surface area contributed by atoms with Gasteiger partial charge in [0, 0.05) is 25.0 Å². The van der Waals surface area contributed by atoms with Crippen LogP contribution < -0.4 is 0 Å². The zero-order chi connectivity index (χ0) is 18.8. The number of aryl methyl sites for hydroxylation is 2. The SMILES string of the molecule is Cc1cc2cc(CN(Cc3ccco3)C(=O)N(C)C)c(Cl)nc2cc1C. The molecule has 6 heteroatoms. The van der Waals surface area contributed by atoms with E-state index in [0.29, 0.717) is 18.2 Å². The summed E-state index contributed by atoms with van der Waals surface area (Å²) in [6.45, 7) is 4.85. The van der Waals surface area contributed by atoms with Gasteiger partial charge in [0.2, 0.25) is 0 Å². The van der Waals surface area contributed by atoms with E-state index in [1.165, 1.54) is 11.1 Å². The minimum Gasteiger partial charge on any atom is -0.467 e. The molecule has 0 aliphatic heterocycles. The molecular weight excluding hydrogens is 350 g/mol. The number of amides is 2. The number of carbonyl (C=O) groups excluding carboxylic acids is 1. The van der Waals surface area contributed by atoms with Crippen molar-refractivity contribution in [3.05, 3.63) is 64.2 Å². The first kappa shape index (κ1) is 18.3. The van der Waals surface area contributed by atoms with Crippen LogP contribution in [0.2, 0.25) is 5.15 Å². The summed E-state index contributed by atoms with van der Waals surface area (Å²) in [4.78, 5) is 20.3. The Morgan fingerprint density at radius 2 is 1.88 bits per heavy atom. The van der Waals surface area contributed by atoms with Gasteiger partial charge in [-0.3, -0.25) is 0 Å². The number of fused-ring (bicyclic) bond motifs is 1. The standard InChI is InChI=1S/C20H22ClN3O2/c1-13-8-15-10-16(19(21)22-18(15)9-14(13)2)11-24(20(25)23(3)4)12-17-6-5-7-26-17/h5-10H,11-12H2,1-4H3. The highest BCUT2D eigenvalue weighted by Crippen LogP contribution is 2.25. The van der Waals surface area contributed by atoms with Crippen LogP contribution in [0.5, 0.6) is 0 Å². The lowest BCUT2D eigenvalue weighted by Gasteiger charge is -2.25. The van der Waals surface area contributed by atoms with Crippen molar-refractivity contribution < 1.29 is 9.21 Å². The van der Waals surface area contributed by atoms with Gasteiger partial charge < -0.3 is 14.2 Å². The lowest BCUT2D eigenvalue weighted by Crippen LogP contribution is -2.38. The van der Waals surface area contributed by atoms with E-state index in [4.69, 9.17) is 16.0 Å². The Bertz CT molecular complexity index is 936. The fourth-order valence-corrected chi connectivity index (χ4v) is 3.05. The minimum absolute atomic E-state index is 0.113. The molecule has 1 aromatic carbocycles. The highest BCUT2D eigenvalue weighted by Gasteiger charge is 2.19. The molecule has 0 aliphatic carbocycles. The number of rotatable bonds is 4. The van der Waals surface area contributed by atoms with E-state index in [1.54, 1.807) is 30.2 Å². The zero-order valence-electron chi connectivity index (χ0n) is 15.4. The van der Waals surface area contributed by atoms with Crippen LogP contribution in [0.25, 0.3) is 10.9 Å². The van der Waals surface area contributed by atoms with E-state index >= 15 is 0 Å². The average molecular weight is 372 g/mol. The molecule has 2 heterocycles. The molecular formula is C20H22ClN3O2. The maximum atomic E-state index is 12.6. The van der Waals surface area contributed by atoms with E-state index in [1.807, 2.05) is 24.3 Å². The molecule has 2 amide bonds. The fourth-order valence-electron chi connectivity index (χ4n) is 2.84. The third-order valence-electron chi connectivity index (χ3n) is 4.40. The summed E-state index contributed by atoms with van der Waals surface area (Å²) in [6.07, 6.45) is 1.60. The highest BCUT2D eigenvalue weighted by molar-refractivity contribution is 6.30. The molecule has 0 saturated heterocycles. The Morgan fingerprint density at radius 1 is 1.15 bits per heavy atom. The number of pyridine rings is 1. The number of nitrogens with zero attached hydrogens (tertiary/aromatic N) is 3. The second-order valence-corrected chi connectivity index (χ2v) is 7.04. The van der Waals surface area contributed by atoms with E-state index in [2.05, 4.69) is 24.9 Å². The number of aromatic nitrogens is 1. The Hall–Kier alpha value is -2.53. The molecule has 3 rings (SSSR count). The van der Waals surface area contributed by atoms with Crippen molar-refractivity contribution in [3.8, 4) is 0 Å². The van der Waals surface area contributed by atoms with E-state index in [-0.39, 0.29) is 6.03 Å². The molecule has 2 aromatic heterocycles. The van der Waals surface area contributed by atoms with Crippen molar-refractivity contribution in [2.24, 2.45) is 0 Å². The molecule has 0 radical (unpaired) electrons. The van der Waals surface area contributed by atoms with Crippen LogP contribution in [0.3, 0.4) is 0 Å². The van der Waals surface area contributed by atoms with Gasteiger partial charge in [0.25, 0.3) is 0 Å². The monoisotopic (exact) mass is 371 g/mol. The second kappa shape index (κ2) is 7.38. The Labute approximate surface area is 158 Å². The topological polar surface area (TPSA) is 49.6 Å². The van der Waals surface area contributed by atoms with Gasteiger partial charge in [-0.05, 0) is 55.3 Å². The quantitative estimate of drug-likeness (QED) is 0.620. The number of furan rings is 1. The third-order valence-corrected chi connectivity index (χ3v) is 4.72. The molecule has 0 bridgehead atoms. The second-order valence-electron chi connectivity index (χ2n) is 6.68. The maximum Gasteiger partial charge on any atom is 0.320 e. The summed E-state index contributed by atoms with van der Waals surface area (Å²) in [6, 6.07) is 9.69. The Kier molecular flexibility index (Phi) is 5.18. The third kappa shape index (κ3) is 3.83. The normalized spacial score (nSPS) is 11.0. The molecule has 26 heavy (non-hydrogen) atoms. The van der Waals surface area contributed by atoms with Gasteiger partial charge in [0.1, 0.15) is 10.9 Å². The van der Waals surface area contributed by atoms with Crippen LogP contribution in [0.1, 0.15) is 22.5 Å². The van der Waals surface area contributed by atoms with E-state index in [0.717, 1.165) is 22.2 Å². The first-order valence-electron chi connectivity index (χ1n) is 8.40. The lowest BCUT2D eigenvalue weighted by atomic mass is 10.0. The number of carbonyl (C=O) groups is 1. The summed E-state index contributed by atoms with van der Waals surface area (Å²) < 4.78 is 5.40. The summed E-state index contributed by atoms with van der Waals surface area (Å²) in [5, 5.41) is 1.43. The minimum atomic E-state index is -0.113. The predicted octanol–water partition coefficient (Wildman–Crippen LogP) is 4.78. The molecule has 3 aromatic rings. The molecule has 0 fully saturated rings. The van der Waals surface area contributed by atoms with E-state index in [9.17, 15) is 4.79 Å². The maximum absolute atomic E-state index is 12.6. The van der Waals surface area contributed by atoms with Gasteiger partial charge in [-0.1, -0.05) is 11.6 Å². The predicted molar refractivity (Wildman–Crippen MR) is 103 cm³/mol. The fraction of sp³-hybridized carbons (Fsp3) is 0.300. The lowest BCUT2D eigenvalue weighted by molar-refractivity contribution is 0.161.